The summed E-state index contributed by atoms with van der Waals surface area (Å²) >= 11 is 0. The van der Waals surface area contributed by atoms with E-state index in [2.05, 4.69) is 29.0 Å². The van der Waals surface area contributed by atoms with Crippen molar-refractivity contribution in [2.45, 2.75) is 46.7 Å². The Balaban J connectivity index is -0.00000133. The molecule has 1 heterocycles. The molecule has 1 unspecified atom stereocenters. The number of nitrogens with one attached hydrogen (secondary N) is 1. The SMILES string of the molecule is CCN1CCN(C(C)CNC(=O)[C@@H](N)C(C)(C)C)CC1.Cl.Cl.Cl. The minimum absolute atomic E-state index is 0. The average molecular weight is 394 g/mol. The molecule has 5 nitrogen and oxygen atoms in total. The van der Waals surface area contributed by atoms with Crippen LogP contribution in [0.4, 0.5) is 0 Å². The molecular weight excluding hydrogens is 359 g/mol. The molecule has 8 heteroatoms. The van der Waals surface area contributed by atoms with Crippen LogP contribution in [0.2, 0.25) is 0 Å². The highest BCUT2D eigenvalue weighted by Crippen LogP contribution is 2.17. The lowest BCUT2D eigenvalue weighted by Crippen LogP contribution is -2.54. The molecule has 1 fully saturated rings. The van der Waals surface area contributed by atoms with Crippen molar-refractivity contribution in [3.8, 4) is 0 Å². The predicted octanol–water partition coefficient (Wildman–Crippen LogP) is 1.77. The van der Waals surface area contributed by atoms with Gasteiger partial charge in [0.1, 0.15) is 0 Å². The third-order valence-corrected chi connectivity index (χ3v) is 4.26. The minimum atomic E-state index is -0.452. The summed E-state index contributed by atoms with van der Waals surface area (Å²) in [4.78, 5) is 16.9. The van der Waals surface area contributed by atoms with Crippen LogP contribution in [0.15, 0.2) is 0 Å². The molecule has 0 aromatic rings. The van der Waals surface area contributed by atoms with Gasteiger partial charge in [-0.1, -0.05) is 27.7 Å². The standard InChI is InChI=1S/C15H32N4O.3ClH/c1-6-18-7-9-19(10-8-18)12(2)11-17-14(20)13(16)15(3,4)5;;;/h12-13H,6-11,16H2,1-5H3,(H,17,20);3*1H/t12?,13-;;;/m1.../s1. The van der Waals surface area contributed by atoms with Crippen molar-refractivity contribution in [3.05, 3.63) is 0 Å². The molecule has 1 aliphatic rings. The van der Waals surface area contributed by atoms with Crippen molar-refractivity contribution in [2.24, 2.45) is 11.1 Å². The lowest BCUT2D eigenvalue weighted by Gasteiger charge is -2.38. The van der Waals surface area contributed by atoms with Gasteiger partial charge in [-0.15, -0.1) is 37.2 Å². The van der Waals surface area contributed by atoms with Gasteiger partial charge in [0.05, 0.1) is 6.04 Å². The Morgan fingerprint density at radius 2 is 1.61 bits per heavy atom. The third kappa shape index (κ3) is 9.32. The summed E-state index contributed by atoms with van der Waals surface area (Å²) in [6.07, 6.45) is 0. The lowest BCUT2D eigenvalue weighted by atomic mass is 9.87. The van der Waals surface area contributed by atoms with E-state index in [0.29, 0.717) is 12.6 Å². The van der Waals surface area contributed by atoms with Crippen molar-refractivity contribution < 1.29 is 4.79 Å². The van der Waals surface area contributed by atoms with Gasteiger partial charge < -0.3 is 16.0 Å². The summed E-state index contributed by atoms with van der Waals surface area (Å²) in [5.74, 6) is -0.0449. The molecule has 1 rings (SSSR count). The van der Waals surface area contributed by atoms with E-state index in [-0.39, 0.29) is 48.5 Å². The number of carbonyl (C=O) groups excluding carboxylic acids is 1. The number of nitrogens with zero attached hydrogens (tertiary/aromatic N) is 2. The van der Waals surface area contributed by atoms with Crippen LogP contribution in [0.3, 0.4) is 0 Å². The molecule has 1 aliphatic heterocycles. The second kappa shape index (κ2) is 12.6. The molecule has 0 saturated carbocycles. The van der Waals surface area contributed by atoms with Gasteiger partial charge in [0, 0.05) is 38.8 Å². The Kier molecular flexibility index (Phi) is 15.3. The number of nitrogens with two attached hydrogens (primary N) is 1. The van der Waals surface area contributed by atoms with Crippen LogP contribution >= 0.6 is 37.2 Å². The summed E-state index contributed by atoms with van der Waals surface area (Å²) in [6, 6.07) is -0.0863. The number of likely N-dealkylation sites (N-methyl/N-ethyl adjacent to an activating group) is 1. The van der Waals surface area contributed by atoms with E-state index in [4.69, 9.17) is 5.73 Å². The fourth-order valence-corrected chi connectivity index (χ4v) is 2.40. The van der Waals surface area contributed by atoms with Crippen LogP contribution in [0.5, 0.6) is 0 Å². The Morgan fingerprint density at radius 3 is 2.00 bits per heavy atom. The van der Waals surface area contributed by atoms with E-state index in [1.165, 1.54) is 0 Å². The van der Waals surface area contributed by atoms with Gasteiger partial charge in [-0.25, -0.2) is 0 Å². The Bertz CT molecular complexity index is 318. The second-order valence-corrected chi connectivity index (χ2v) is 6.91. The minimum Gasteiger partial charge on any atom is -0.353 e. The Hall–Kier alpha value is 0.220. The Morgan fingerprint density at radius 1 is 1.13 bits per heavy atom. The average Bonchev–Trinajstić information content (AvgIpc) is 2.42. The zero-order valence-corrected chi connectivity index (χ0v) is 17.5. The molecule has 0 bridgehead atoms. The molecule has 0 aliphatic carbocycles. The van der Waals surface area contributed by atoms with Gasteiger partial charge >= 0.3 is 0 Å². The molecule has 0 aromatic carbocycles. The van der Waals surface area contributed by atoms with Crippen molar-refractivity contribution >= 4 is 43.1 Å². The fraction of sp³-hybridized carbons (Fsp3) is 0.933. The number of carbonyl (C=O) groups is 1. The first kappa shape index (κ1) is 28.0. The van der Waals surface area contributed by atoms with Crippen molar-refractivity contribution in [3.63, 3.8) is 0 Å². The zero-order valence-electron chi connectivity index (χ0n) is 15.0. The highest BCUT2D eigenvalue weighted by molar-refractivity contribution is 5.86. The van der Waals surface area contributed by atoms with E-state index in [9.17, 15) is 4.79 Å². The molecule has 0 aromatic heterocycles. The normalized spacial score (nSPS) is 18.7. The van der Waals surface area contributed by atoms with Crippen molar-refractivity contribution in [1.29, 1.82) is 0 Å². The third-order valence-electron chi connectivity index (χ3n) is 4.26. The number of piperazine rings is 1. The van der Waals surface area contributed by atoms with Crippen molar-refractivity contribution in [1.82, 2.24) is 15.1 Å². The number of amides is 1. The summed E-state index contributed by atoms with van der Waals surface area (Å²) < 4.78 is 0. The van der Waals surface area contributed by atoms with Gasteiger partial charge in [-0.3, -0.25) is 9.69 Å². The maximum absolute atomic E-state index is 12.0. The summed E-state index contributed by atoms with van der Waals surface area (Å²) in [7, 11) is 0. The molecule has 1 amide bonds. The van der Waals surface area contributed by atoms with Crippen LogP contribution in [0, 0.1) is 5.41 Å². The molecule has 0 radical (unpaired) electrons. The van der Waals surface area contributed by atoms with E-state index in [0.717, 1.165) is 32.7 Å². The number of halogens is 3. The number of hydrogen-bond acceptors (Lipinski definition) is 4. The van der Waals surface area contributed by atoms with Gasteiger partial charge in [-0.05, 0) is 18.9 Å². The van der Waals surface area contributed by atoms with Crippen LogP contribution in [-0.4, -0.2) is 67.1 Å². The number of hydrogen-bond donors (Lipinski definition) is 2. The smallest absolute Gasteiger partial charge is 0.237 e. The monoisotopic (exact) mass is 392 g/mol. The first-order valence-electron chi connectivity index (χ1n) is 7.75. The zero-order chi connectivity index (χ0) is 15.3. The highest BCUT2D eigenvalue weighted by atomic mass is 35.5. The first-order chi connectivity index (χ1) is 9.25. The van der Waals surface area contributed by atoms with Gasteiger partial charge in [0.25, 0.3) is 0 Å². The summed E-state index contributed by atoms with van der Waals surface area (Å²) in [5.41, 5.74) is 5.77. The highest BCUT2D eigenvalue weighted by Gasteiger charge is 2.28. The fourth-order valence-electron chi connectivity index (χ4n) is 2.40. The van der Waals surface area contributed by atoms with Crippen LogP contribution in [0.1, 0.15) is 34.6 Å². The van der Waals surface area contributed by atoms with Crippen LogP contribution in [-0.2, 0) is 4.79 Å². The molecule has 1 saturated heterocycles. The predicted molar refractivity (Wildman–Crippen MR) is 105 cm³/mol. The maximum Gasteiger partial charge on any atom is 0.237 e. The van der Waals surface area contributed by atoms with Crippen LogP contribution < -0.4 is 11.1 Å². The van der Waals surface area contributed by atoms with E-state index in [1.54, 1.807) is 0 Å². The molecule has 142 valence electrons. The van der Waals surface area contributed by atoms with Crippen molar-refractivity contribution in [2.75, 3.05) is 39.3 Å². The summed E-state index contributed by atoms with van der Waals surface area (Å²) in [5, 5.41) is 2.99. The quantitative estimate of drug-likeness (QED) is 0.747. The van der Waals surface area contributed by atoms with Gasteiger partial charge in [0.15, 0.2) is 0 Å². The number of rotatable bonds is 5. The Labute approximate surface area is 160 Å². The first-order valence-corrected chi connectivity index (χ1v) is 7.75. The molecule has 23 heavy (non-hydrogen) atoms. The van der Waals surface area contributed by atoms with Crippen LogP contribution in [0.25, 0.3) is 0 Å². The topological polar surface area (TPSA) is 61.6 Å². The van der Waals surface area contributed by atoms with E-state index < -0.39 is 6.04 Å². The van der Waals surface area contributed by atoms with E-state index in [1.807, 2.05) is 20.8 Å². The molecular formula is C15H35Cl3N4O. The maximum atomic E-state index is 12.0. The molecule has 3 N–H and O–H groups in total. The molecule has 2 atom stereocenters. The van der Waals surface area contributed by atoms with E-state index >= 15 is 0 Å². The van der Waals surface area contributed by atoms with Gasteiger partial charge in [-0.2, -0.15) is 0 Å². The summed E-state index contributed by atoms with van der Waals surface area (Å²) in [6.45, 7) is 16.5. The molecule has 0 spiro atoms. The van der Waals surface area contributed by atoms with Gasteiger partial charge in [0.2, 0.25) is 5.91 Å². The largest absolute Gasteiger partial charge is 0.353 e. The lowest BCUT2D eigenvalue weighted by molar-refractivity contribution is -0.124. The second-order valence-electron chi connectivity index (χ2n) is 6.91.